The first-order valence-electron chi connectivity index (χ1n) is 27.0. The average molecular weight is 949 g/mol. The van der Waals surface area contributed by atoms with Crippen LogP contribution in [0.25, 0.3) is 0 Å². The van der Waals surface area contributed by atoms with Crippen LogP contribution in [0.3, 0.4) is 0 Å². The molecule has 0 aromatic rings. The number of quaternary nitrogens is 1. The number of carbonyl (C=O) groups is 2. The highest BCUT2D eigenvalue weighted by atomic mass is 31.2. The van der Waals surface area contributed by atoms with Gasteiger partial charge in [0.1, 0.15) is 19.8 Å². The van der Waals surface area contributed by atoms with Crippen molar-refractivity contribution in [3.05, 3.63) is 60.8 Å². The third-order valence-corrected chi connectivity index (χ3v) is 12.5. The Balaban J connectivity index is 4.31. The highest BCUT2D eigenvalue weighted by molar-refractivity contribution is 7.47. The van der Waals surface area contributed by atoms with Gasteiger partial charge in [0.05, 0.1) is 27.7 Å². The predicted octanol–water partition coefficient (Wildman–Crippen LogP) is 16.4. The number of likely N-dealkylation sites (N-methyl/N-ethyl adjacent to an activating group) is 1. The van der Waals surface area contributed by atoms with Crippen molar-refractivity contribution in [2.45, 2.75) is 238 Å². The second kappa shape index (κ2) is 47.8. The molecule has 0 aliphatic heterocycles. The molecule has 0 saturated heterocycles. The molecule has 10 heteroatoms. The maximum absolute atomic E-state index is 12.7. The Bertz CT molecular complexity index is 1300. The van der Waals surface area contributed by atoms with E-state index in [1.807, 2.05) is 21.1 Å². The molecule has 0 saturated carbocycles. The Labute approximate surface area is 406 Å². The summed E-state index contributed by atoms with van der Waals surface area (Å²) in [5.41, 5.74) is 0. The van der Waals surface area contributed by atoms with Crippen LogP contribution in [0.4, 0.5) is 0 Å². The van der Waals surface area contributed by atoms with E-state index >= 15 is 0 Å². The van der Waals surface area contributed by atoms with Gasteiger partial charge in [0, 0.05) is 12.8 Å². The summed E-state index contributed by atoms with van der Waals surface area (Å²) in [5.74, 6) is -0.861. The zero-order valence-corrected chi connectivity index (χ0v) is 44.3. The minimum atomic E-state index is -4.40. The third kappa shape index (κ3) is 51.1. The summed E-state index contributed by atoms with van der Waals surface area (Å²) in [6.45, 7) is 4.37. The van der Waals surface area contributed by atoms with Gasteiger partial charge in [0.15, 0.2) is 6.10 Å². The largest absolute Gasteiger partial charge is 0.472 e. The van der Waals surface area contributed by atoms with E-state index in [4.69, 9.17) is 18.5 Å². The van der Waals surface area contributed by atoms with Crippen LogP contribution in [0, 0.1) is 0 Å². The standard InChI is InChI=1S/C56H102NO8P/c1-6-8-10-12-14-16-18-20-22-24-26-28-30-32-34-36-38-40-42-44-46-48-55(58)62-52-54(53-64-66(60,61)63-51-50-57(3,4)5)65-56(59)49-47-45-43-41-39-37-35-33-31-29-27-25-23-21-19-17-15-13-11-9-7-2/h20,22-23,25,29,31,35,37,41,43,54H,6-19,21,24,26-28,30,32-34,36,38-40,42,44-53H2,1-5H3/p+1/b22-20+,25-23+,31-29+,37-35+,43-41+/t54-/m1/s1. The fraction of sp³-hybridized carbons (Fsp3) is 0.786. The van der Waals surface area contributed by atoms with E-state index in [-0.39, 0.29) is 32.0 Å². The molecule has 2 atom stereocenters. The summed E-state index contributed by atoms with van der Waals surface area (Å²) in [6.07, 6.45) is 60.0. The van der Waals surface area contributed by atoms with E-state index in [0.717, 1.165) is 38.5 Å². The number of hydrogen-bond acceptors (Lipinski definition) is 7. The van der Waals surface area contributed by atoms with Crippen LogP contribution < -0.4 is 0 Å². The minimum Gasteiger partial charge on any atom is -0.462 e. The van der Waals surface area contributed by atoms with Crippen LogP contribution in [0.1, 0.15) is 232 Å². The molecule has 0 aliphatic carbocycles. The summed E-state index contributed by atoms with van der Waals surface area (Å²) >= 11 is 0. The zero-order chi connectivity index (χ0) is 48.5. The van der Waals surface area contributed by atoms with Crippen LogP contribution in [-0.4, -0.2) is 74.9 Å². The lowest BCUT2D eigenvalue weighted by atomic mass is 10.0. The SMILES string of the molecule is CCCCCCCC/C=C/CCCCCCCCCCCCCC(=O)OC[C@H](COP(=O)(O)OCC[N+](C)(C)C)OC(=O)CCC/C=C/C/C=C/C/C=C/C/C=C/CCCCCCCCC. The van der Waals surface area contributed by atoms with Crippen LogP contribution in [0.2, 0.25) is 0 Å². The third-order valence-electron chi connectivity index (χ3n) is 11.5. The Hall–Kier alpha value is -2.29. The maximum atomic E-state index is 12.7. The number of rotatable bonds is 49. The molecule has 0 heterocycles. The quantitative estimate of drug-likeness (QED) is 0.0211. The van der Waals surface area contributed by atoms with Crippen LogP contribution in [-0.2, 0) is 32.7 Å². The summed E-state index contributed by atoms with van der Waals surface area (Å²) < 4.78 is 34.4. The molecule has 0 radical (unpaired) electrons. The molecule has 1 N–H and O–H groups in total. The van der Waals surface area contributed by atoms with Gasteiger partial charge in [-0.2, -0.15) is 0 Å². The summed E-state index contributed by atoms with van der Waals surface area (Å²) in [7, 11) is 1.44. The molecule has 0 amide bonds. The number of esters is 2. The van der Waals surface area contributed by atoms with E-state index < -0.39 is 26.5 Å². The van der Waals surface area contributed by atoms with E-state index in [0.29, 0.717) is 23.9 Å². The molecular weight excluding hydrogens is 846 g/mol. The van der Waals surface area contributed by atoms with E-state index in [1.54, 1.807) is 0 Å². The topological polar surface area (TPSA) is 108 Å². The molecule has 66 heavy (non-hydrogen) atoms. The van der Waals surface area contributed by atoms with Crippen molar-refractivity contribution in [1.29, 1.82) is 0 Å². The molecule has 0 aromatic carbocycles. The second-order valence-corrected chi connectivity index (χ2v) is 20.7. The van der Waals surface area contributed by atoms with Crippen molar-refractivity contribution in [3.63, 3.8) is 0 Å². The molecule has 1 unspecified atom stereocenters. The van der Waals surface area contributed by atoms with Gasteiger partial charge >= 0.3 is 19.8 Å². The predicted molar refractivity (Wildman–Crippen MR) is 279 cm³/mol. The van der Waals surface area contributed by atoms with Gasteiger partial charge in [0.25, 0.3) is 0 Å². The number of ether oxygens (including phenoxy) is 2. The molecule has 9 nitrogen and oxygen atoms in total. The molecule has 384 valence electrons. The van der Waals surface area contributed by atoms with Crippen molar-refractivity contribution in [2.75, 3.05) is 47.5 Å². The minimum absolute atomic E-state index is 0.0199. The number of unbranched alkanes of at least 4 members (excludes halogenated alkanes) is 25. The van der Waals surface area contributed by atoms with Gasteiger partial charge < -0.3 is 18.9 Å². The number of phosphoric ester groups is 1. The Kier molecular flexibility index (Phi) is 46.1. The van der Waals surface area contributed by atoms with Crippen molar-refractivity contribution >= 4 is 19.8 Å². The van der Waals surface area contributed by atoms with Crippen molar-refractivity contribution < 1.29 is 42.1 Å². The lowest BCUT2D eigenvalue weighted by molar-refractivity contribution is -0.870. The summed E-state index contributed by atoms with van der Waals surface area (Å²) in [6, 6.07) is 0. The smallest absolute Gasteiger partial charge is 0.462 e. The summed E-state index contributed by atoms with van der Waals surface area (Å²) in [5, 5.41) is 0. The number of carbonyl (C=O) groups excluding carboxylic acids is 2. The molecule has 0 aromatic heterocycles. The Morgan fingerprint density at radius 2 is 0.833 bits per heavy atom. The number of nitrogens with zero attached hydrogens (tertiary/aromatic N) is 1. The first-order valence-corrected chi connectivity index (χ1v) is 28.5. The van der Waals surface area contributed by atoms with E-state index in [2.05, 4.69) is 74.6 Å². The molecule has 0 fully saturated rings. The summed E-state index contributed by atoms with van der Waals surface area (Å²) in [4.78, 5) is 35.6. The molecule has 0 spiro atoms. The lowest BCUT2D eigenvalue weighted by Gasteiger charge is -2.24. The Morgan fingerprint density at radius 3 is 1.27 bits per heavy atom. The first kappa shape index (κ1) is 63.7. The lowest BCUT2D eigenvalue weighted by Crippen LogP contribution is -2.37. The van der Waals surface area contributed by atoms with Gasteiger partial charge in [-0.15, -0.1) is 0 Å². The van der Waals surface area contributed by atoms with Crippen LogP contribution >= 0.6 is 7.82 Å². The van der Waals surface area contributed by atoms with Gasteiger partial charge in [-0.1, -0.05) is 203 Å². The number of allylic oxidation sites excluding steroid dienone is 10. The van der Waals surface area contributed by atoms with Gasteiger partial charge in [-0.25, -0.2) is 4.57 Å². The molecule has 0 bridgehead atoms. The normalized spacial score (nSPS) is 13.8. The zero-order valence-electron chi connectivity index (χ0n) is 43.4. The monoisotopic (exact) mass is 949 g/mol. The fourth-order valence-electron chi connectivity index (χ4n) is 7.30. The van der Waals surface area contributed by atoms with Crippen molar-refractivity contribution in [2.24, 2.45) is 0 Å². The van der Waals surface area contributed by atoms with Crippen molar-refractivity contribution in [1.82, 2.24) is 0 Å². The van der Waals surface area contributed by atoms with Gasteiger partial charge in [-0.3, -0.25) is 18.6 Å². The first-order chi connectivity index (χ1) is 32.0. The highest BCUT2D eigenvalue weighted by Crippen LogP contribution is 2.43. The number of phosphoric acid groups is 1. The van der Waals surface area contributed by atoms with Crippen molar-refractivity contribution in [3.8, 4) is 0 Å². The Morgan fingerprint density at radius 1 is 0.470 bits per heavy atom. The van der Waals surface area contributed by atoms with Crippen LogP contribution in [0.15, 0.2) is 60.8 Å². The average Bonchev–Trinajstić information content (AvgIpc) is 3.27. The van der Waals surface area contributed by atoms with Gasteiger partial charge in [0.2, 0.25) is 0 Å². The highest BCUT2D eigenvalue weighted by Gasteiger charge is 2.27. The molecule has 0 rings (SSSR count). The maximum Gasteiger partial charge on any atom is 0.472 e. The van der Waals surface area contributed by atoms with Gasteiger partial charge in [-0.05, 0) is 77.0 Å². The number of hydrogen-bond donors (Lipinski definition) is 1. The van der Waals surface area contributed by atoms with E-state index in [1.165, 1.54) is 154 Å². The van der Waals surface area contributed by atoms with E-state index in [9.17, 15) is 19.0 Å². The fourth-order valence-corrected chi connectivity index (χ4v) is 8.04. The molecule has 0 aliphatic rings. The molecular formula is C56H103NO8P+. The second-order valence-electron chi connectivity index (χ2n) is 19.3. The van der Waals surface area contributed by atoms with Crippen LogP contribution in [0.5, 0.6) is 0 Å².